The maximum atomic E-state index is 13.4. The van der Waals surface area contributed by atoms with Crippen molar-refractivity contribution in [2.75, 3.05) is 23.9 Å². The highest BCUT2D eigenvalue weighted by Crippen LogP contribution is 2.48. The molecule has 6 heteroatoms. The number of anilines is 2. The molecule has 0 aromatic heterocycles. The van der Waals surface area contributed by atoms with Gasteiger partial charge in [-0.15, -0.1) is 0 Å². The molecule has 0 spiro atoms. The lowest BCUT2D eigenvalue weighted by Crippen LogP contribution is -2.24. The Bertz CT molecular complexity index is 899. The Hall–Kier alpha value is -2.89. The number of benzene rings is 2. The first-order chi connectivity index (χ1) is 13.1. The van der Waals surface area contributed by atoms with Crippen molar-refractivity contribution in [1.29, 1.82) is 0 Å². The number of nitrogens with one attached hydrogen (secondary N) is 1. The summed E-state index contributed by atoms with van der Waals surface area (Å²) in [6, 6.07) is 11.7. The van der Waals surface area contributed by atoms with E-state index in [4.69, 9.17) is 4.74 Å². The largest absolute Gasteiger partial charge is 0.494 e. The van der Waals surface area contributed by atoms with E-state index in [9.17, 15) is 14.0 Å². The second kappa shape index (κ2) is 7.02. The second-order valence-electron chi connectivity index (χ2n) is 7.03. The first-order valence-corrected chi connectivity index (χ1v) is 9.11. The molecule has 2 amide bonds. The van der Waals surface area contributed by atoms with E-state index >= 15 is 0 Å². The topological polar surface area (TPSA) is 58.6 Å². The maximum Gasteiger partial charge on any atom is 0.228 e. The molecule has 2 aliphatic rings. The number of halogens is 1. The van der Waals surface area contributed by atoms with E-state index in [1.807, 2.05) is 6.07 Å². The summed E-state index contributed by atoms with van der Waals surface area (Å²) in [6.07, 6.45) is 2.10. The summed E-state index contributed by atoms with van der Waals surface area (Å²) >= 11 is 0. The second-order valence-corrected chi connectivity index (χ2v) is 7.03. The lowest BCUT2D eigenvalue weighted by atomic mass is 10.1. The molecule has 2 aromatic carbocycles. The zero-order valence-corrected chi connectivity index (χ0v) is 15.1. The van der Waals surface area contributed by atoms with Crippen molar-refractivity contribution in [3.8, 4) is 5.75 Å². The zero-order valence-electron chi connectivity index (χ0n) is 15.1. The van der Waals surface area contributed by atoms with E-state index in [0.717, 1.165) is 17.7 Å². The van der Waals surface area contributed by atoms with Gasteiger partial charge in [0, 0.05) is 30.6 Å². The summed E-state index contributed by atoms with van der Waals surface area (Å²) in [5.74, 6) is 0.176. The van der Waals surface area contributed by atoms with E-state index in [0.29, 0.717) is 30.8 Å². The Labute approximate surface area is 157 Å². The van der Waals surface area contributed by atoms with Crippen LogP contribution >= 0.6 is 0 Å². The van der Waals surface area contributed by atoms with Crippen molar-refractivity contribution in [2.45, 2.75) is 25.2 Å². The Balaban J connectivity index is 1.45. The Morgan fingerprint density at radius 1 is 1.26 bits per heavy atom. The summed E-state index contributed by atoms with van der Waals surface area (Å²) in [7, 11) is 1.55. The highest BCUT2D eigenvalue weighted by atomic mass is 19.1. The molecule has 1 aliphatic carbocycles. The average molecular weight is 368 g/mol. The molecule has 140 valence electrons. The molecular weight excluding hydrogens is 347 g/mol. The minimum absolute atomic E-state index is 0.0593. The lowest BCUT2D eigenvalue weighted by molar-refractivity contribution is -0.118. The van der Waals surface area contributed by atoms with E-state index in [1.54, 1.807) is 36.3 Å². The van der Waals surface area contributed by atoms with Gasteiger partial charge >= 0.3 is 0 Å². The molecule has 1 saturated heterocycles. The molecule has 0 bridgehead atoms. The molecule has 5 nitrogen and oxygen atoms in total. The van der Waals surface area contributed by atoms with Gasteiger partial charge in [0.2, 0.25) is 11.8 Å². The maximum absolute atomic E-state index is 13.4. The van der Waals surface area contributed by atoms with Gasteiger partial charge in [-0.2, -0.15) is 0 Å². The average Bonchev–Trinajstić information content (AvgIpc) is 3.36. The summed E-state index contributed by atoms with van der Waals surface area (Å²) in [6.45, 7) is 0.679. The third kappa shape index (κ3) is 3.52. The molecule has 2 aromatic rings. The van der Waals surface area contributed by atoms with Gasteiger partial charge in [0.05, 0.1) is 12.8 Å². The van der Waals surface area contributed by atoms with Crippen molar-refractivity contribution < 1.29 is 18.7 Å². The number of methoxy groups -OCH3 is 1. The van der Waals surface area contributed by atoms with E-state index in [1.165, 1.54) is 12.1 Å². The van der Waals surface area contributed by atoms with E-state index < -0.39 is 0 Å². The monoisotopic (exact) mass is 368 g/mol. The smallest absolute Gasteiger partial charge is 0.228 e. The van der Waals surface area contributed by atoms with Gasteiger partial charge in [-0.1, -0.05) is 12.1 Å². The van der Waals surface area contributed by atoms with Crippen LogP contribution in [0.3, 0.4) is 0 Å². The van der Waals surface area contributed by atoms with Crippen LogP contribution < -0.4 is 15.0 Å². The predicted octanol–water partition coefficient (Wildman–Crippen LogP) is 3.70. The third-order valence-corrected chi connectivity index (χ3v) is 5.22. The summed E-state index contributed by atoms with van der Waals surface area (Å²) in [5, 5.41) is 2.91. The first-order valence-electron chi connectivity index (χ1n) is 9.11. The first kappa shape index (κ1) is 17.5. The highest BCUT2D eigenvalue weighted by Gasteiger charge is 2.44. The number of nitrogens with zero attached hydrogens (tertiary/aromatic N) is 1. The molecule has 4 rings (SSSR count). The predicted molar refractivity (Wildman–Crippen MR) is 100 cm³/mol. The zero-order chi connectivity index (χ0) is 19.0. The molecule has 0 radical (unpaired) electrons. The standard InChI is InChI=1S/C21H21FN2O3/c1-27-19-11-15(7-8-18(19)24-9-3-6-20(24)25)23-21(26)17-12-16(17)13-4-2-5-14(22)10-13/h2,4-5,7-8,10-11,16-17H,3,6,9,12H2,1H3,(H,23,26)/t16-,17-/m1/s1. The summed E-state index contributed by atoms with van der Waals surface area (Å²) in [4.78, 5) is 26.2. The summed E-state index contributed by atoms with van der Waals surface area (Å²) < 4.78 is 18.8. The number of amides is 2. The van der Waals surface area contributed by atoms with Crippen LogP contribution in [0.1, 0.15) is 30.7 Å². The van der Waals surface area contributed by atoms with E-state index in [-0.39, 0.29) is 29.5 Å². The molecular formula is C21H21FN2O3. The van der Waals surface area contributed by atoms with Crippen molar-refractivity contribution in [2.24, 2.45) is 5.92 Å². The molecule has 1 aliphatic heterocycles. The van der Waals surface area contributed by atoms with Crippen molar-refractivity contribution in [1.82, 2.24) is 0 Å². The molecule has 1 heterocycles. The van der Waals surface area contributed by atoms with Gasteiger partial charge in [-0.25, -0.2) is 4.39 Å². The fourth-order valence-corrected chi connectivity index (χ4v) is 3.71. The van der Waals surface area contributed by atoms with Crippen molar-refractivity contribution in [3.05, 3.63) is 53.8 Å². The lowest BCUT2D eigenvalue weighted by Gasteiger charge is -2.19. The van der Waals surface area contributed by atoms with Gasteiger partial charge in [-0.3, -0.25) is 9.59 Å². The minimum atomic E-state index is -0.282. The number of rotatable bonds is 5. The fourth-order valence-electron chi connectivity index (χ4n) is 3.71. The molecule has 1 N–H and O–H groups in total. The van der Waals surface area contributed by atoms with Gasteiger partial charge in [-0.05, 0) is 48.6 Å². The number of hydrogen-bond acceptors (Lipinski definition) is 3. The minimum Gasteiger partial charge on any atom is -0.494 e. The van der Waals surface area contributed by atoms with Gasteiger partial charge in [0.1, 0.15) is 11.6 Å². The molecule has 0 unspecified atom stereocenters. The van der Waals surface area contributed by atoms with Crippen LogP contribution in [0.15, 0.2) is 42.5 Å². The Morgan fingerprint density at radius 3 is 2.81 bits per heavy atom. The Kier molecular flexibility index (Phi) is 4.56. The van der Waals surface area contributed by atoms with Gasteiger partial charge in [0.25, 0.3) is 0 Å². The van der Waals surface area contributed by atoms with Crippen LogP contribution in [-0.4, -0.2) is 25.5 Å². The van der Waals surface area contributed by atoms with Crippen molar-refractivity contribution >= 4 is 23.2 Å². The van der Waals surface area contributed by atoms with Crippen LogP contribution in [0.5, 0.6) is 5.75 Å². The number of hydrogen-bond donors (Lipinski definition) is 1. The normalized spacial score (nSPS) is 21.3. The summed E-state index contributed by atoms with van der Waals surface area (Å²) in [5.41, 5.74) is 2.20. The van der Waals surface area contributed by atoms with Crippen LogP contribution in [0, 0.1) is 11.7 Å². The fraction of sp³-hybridized carbons (Fsp3) is 0.333. The SMILES string of the molecule is COc1cc(NC(=O)[C@@H]2C[C@@H]2c2cccc(F)c2)ccc1N1CCCC1=O. The molecule has 27 heavy (non-hydrogen) atoms. The quantitative estimate of drug-likeness (QED) is 0.875. The highest BCUT2D eigenvalue weighted by molar-refractivity contribution is 5.98. The number of carbonyl (C=O) groups excluding carboxylic acids is 2. The van der Waals surface area contributed by atoms with Gasteiger partial charge in [0.15, 0.2) is 0 Å². The Morgan fingerprint density at radius 2 is 2.11 bits per heavy atom. The molecule has 1 saturated carbocycles. The van der Waals surface area contributed by atoms with Crippen LogP contribution in [0.2, 0.25) is 0 Å². The van der Waals surface area contributed by atoms with E-state index in [2.05, 4.69) is 5.32 Å². The van der Waals surface area contributed by atoms with Crippen LogP contribution in [0.25, 0.3) is 0 Å². The molecule has 2 atom stereocenters. The third-order valence-electron chi connectivity index (χ3n) is 5.22. The van der Waals surface area contributed by atoms with Gasteiger partial charge < -0.3 is 15.0 Å². The van der Waals surface area contributed by atoms with Crippen molar-refractivity contribution in [3.63, 3.8) is 0 Å². The van der Waals surface area contributed by atoms with Crippen LogP contribution in [-0.2, 0) is 9.59 Å². The van der Waals surface area contributed by atoms with Crippen LogP contribution in [0.4, 0.5) is 15.8 Å². The number of ether oxygens (including phenoxy) is 1. The molecule has 2 fully saturated rings. The number of carbonyl (C=O) groups is 2.